The highest BCUT2D eigenvalue weighted by Crippen LogP contribution is 2.25. The van der Waals surface area contributed by atoms with E-state index < -0.39 is 0 Å². The van der Waals surface area contributed by atoms with Crippen LogP contribution in [0.1, 0.15) is 42.5 Å². The molecule has 1 heterocycles. The van der Waals surface area contributed by atoms with Crippen molar-refractivity contribution < 1.29 is 14.6 Å². The lowest BCUT2D eigenvalue weighted by atomic mass is 9.93. The van der Waals surface area contributed by atoms with Crippen molar-refractivity contribution in [1.29, 1.82) is 0 Å². The molecule has 0 aliphatic heterocycles. The zero-order valence-electron chi connectivity index (χ0n) is 14.3. The second-order valence-electron chi connectivity index (χ2n) is 6.31. The van der Waals surface area contributed by atoms with Crippen LogP contribution in [0.4, 0.5) is 0 Å². The highest BCUT2D eigenvalue weighted by molar-refractivity contribution is 5.94. The summed E-state index contributed by atoms with van der Waals surface area (Å²) in [5.74, 6) is 1.02. The van der Waals surface area contributed by atoms with E-state index in [9.17, 15) is 9.90 Å². The SMILES string of the molecule is O=C(c1cccc(Oc2ccccn2)c1)N(CCO)C1CCCCC1. The van der Waals surface area contributed by atoms with E-state index >= 15 is 0 Å². The van der Waals surface area contributed by atoms with Gasteiger partial charge in [-0.25, -0.2) is 4.98 Å². The molecule has 0 saturated heterocycles. The van der Waals surface area contributed by atoms with Crippen LogP contribution >= 0.6 is 0 Å². The van der Waals surface area contributed by atoms with Gasteiger partial charge in [0.2, 0.25) is 5.88 Å². The molecule has 1 aromatic heterocycles. The monoisotopic (exact) mass is 340 g/mol. The topological polar surface area (TPSA) is 62.7 Å². The van der Waals surface area contributed by atoms with Crippen LogP contribution in [-0.4, -0.2) is 40.1 Å². The lowest BCUT2D eigenvalue weighted by Crippen LogP contribution is -2.43. The van der Waals surface area contributed by atoms with Crippen molar-refractivity contribution in [3.63, 3.8) is 0 Å². The number of ether oxygens (including phenoxy) is 1. The summed E-state index contributed by atoms with van der Waals surface area (Å²) in [5.41, 5.74) is 0.576. The number of amides is 1. The molecule has 0 bridgehead atoms. The highest BCUT2D eigenvalue weighted by atomic mass is 16.5. The molecule has 132 valence electrons. The Morgan fingerprint density at radius 1 is 1.16 bits per heavy atom. The van der Waals surface area contributed by atoms with Crippen LogP contribution in [-0.2, 0) is 0 Å². The molecule has 1 N–H and O–H groups in total. The normalized spacial score (nSPS) is 14.9. The van der Waals surface area contributed by atoms with Crippen LogP contribution in [0.2, 0.25) is 0 Å². The zero-order chi connectivity index (χ0) is 17.5. The summed E-state index contributed by atoms with van der Waals surface area (Å²) < 4.78 is 5.72. The van der Waals surface area contributed by atoms with E-state index in [1.807, 2.05) is 29.2 Å². The minimum Gasteiger partial charge on any atom is -0.439 e. The van der Waals surface area contributed by atoms with Crippen molar-refractivity contribution in [1.82, 2.24) is 9.88 Å². The van der Waals surface area contributed by atoms with Gasteiger partial charge in [-0.15, -0.1) is 0 Å². The minimum absolute atomic E-state index is 0.0215. The molecule has 1 saturated carbocycles. The van der Waals surface area contributed by atoms with E-state index in [1.165, 1.54) is 6.42 Å². The highest BCUT2D eigenvalue weighted by Gasteiger charge is 2.26. The fourth-order valence-electron chi connectivity index (χ4n) is 3.34. The number of hydrogen-bond acceptors (Lipinski definition) is 4. The Labute approximate surface area is 148 Å². The van der Waals surface area contributed by atoms with Gasteiger partial charge in [-0.2, -0.15) is 0 Å². The third kappa shape index (κ3) is 4.57. The van der Waals surface area contributed by atoms with Gasteiger partial charge in [0, 0.05) is 30.4 Å². The summed E-state index contributed by atoms with van der Waals surface area (Å²) in [6.45, 7) is 0.348. The van der Waals surface area contributed by atoms with Gasteiger partial charge < -0.3 is 14.7 Å². The van der Waals surface area contributed by atoms with E-state index in [-0.39, 0.29) is 18.6 Å². The summed E-state index contributed by atoms with van der Waals surface area (Å²) in [5, 5.41) is 9.39. The molecule has 1 aromatic carbocycles. The molecule has 0 radical (unpaired) electrons. The van der Waals surface area contributed by atoms with E-state index in [4.69, 9.17) is 4.74 Å². The van der Waals surface area contributed by atoms with Gasteiger partial charge in [-0.3, -0.25) is 4.79 Å². The predicted molar refractivity (Wildman–Crippen MR) is 95.7 cm³/mol. The molecule has 5 nitrogen and oxygen atoms in total. The van der Waals surface area contributed by atoms with Crippen LogP contribution in [0.5, 0.6) is 11.6 Å². The van der Waals surface area contributed by atoms with Gasteiger partial charge >= 0.3 is 0 Å². The molecule has 0 spiro atoms. The molecular weight excluding hydrogens is 316 g/mol. The standard InChI is InChI=1S/C20H24N2O3/c23-14-13-22(17-8-2-1-3-9-17)20(24)16-7-6-10-18(15-16)25-19-11-4-5-12-21-19/h4-7,10-12,15,17,23H,1-3,8-9,13-14H2. The van der Waals surface area contributed by atoms with Gasteiger partial charge in [0.05, 0.1) is 6.61 Å². The van der Waals surface area contributed by atoms with Crippen molar-refractivity contribution in [2.24, 2.45) is 0 Å². The van der Waals surface area contributed by atoms with Crippen LogP contribution in [0.25, 0.3) is 0 Å². The molecule has 0 unspecified atom stereocenters. The number of aromatic nitrogens is 1. The van der Waals surface area contributed by atoms with E-state index in [0.717, 1.165) is 25.7 Å². The molecule has 1 aliphatic rings. The van der Waals surface area contributed by atoms with Gasteiger partial charge in [-0.05, 0) is 37.1 Å². The number of hydrogen-bond donors (Lipinski definition) is 1. The summed E-state index contributed by atoms with van der Waals surface area (Å²) in [7, 11) is 0. The first-order chi connectivity index (χ1) is 12.3. The average Bonchev–Trinajstić information content (AvgIpc) is 2.67. The van der Waals surface area contributed by atoms with Gasteiger partial charge in [-0.1, -0.05) is 31.4 Å². The molecule has 0 atom stereocenters. The van der Waals surface area contributed by atoms with E-state index in [0.29, 0.717) is 23.7 Å². The Bertz CT molecular complexity index is 684. The van der Waals surface area contributed by atoms with Gasteiger partial charge in [0.15, 0.2) is 0 Å². The van der Waals surface area contributed by atoms with Crippen molar-refractivity contribution >= 4 is 5.91 Å². The smallest absolute Gasteiger partial charge is 0.254 e. The summed E-state index contributed by atoms with van der Waals surface area (Å²) in [4.78, 5) is 18.9. The van der Waals surface area contributed by atoms with Crippen molar-refractivity contribution in [2.45, 2.75) is 38.1 Å². The maximum atomic E-state index is 13.0. The fourth-order valence-corrected chi connectivity index (χ4v) is 3.34. The Hall–Kier alpha value is -2.40. The molecule has 5 heteroatoms. The maximum Gasteiger partial charge on any atom is 0.254 e. The Morgan fingerprint density at radius 3 is 2.72 bits per heavy atom. The number of benzene rings is 1. The average molecular weight is 340 g/mol. The van der Waals surface area contributed by atoms with Crippen LogP contribution < -0.4 is 4.74 Å². The third-order valence-corrected chi connectivity index (χ3v) is 4.56. The molecule has 25 heavy (non-hydrogen) atoms. The molecule has 1 fully saturated rings. The number of carbonyl (C=O) groups is 1. The zero-order valence-corrected chi connectivity index (χ0v) is 14.3. The van der Waals surface area contributed by atoms with Gasteiger partial charge in [0.1, 0.15) is 5.75 Å². The van der Waals surface area contributed by atoms with Crippen LogP contribution in [0, 0.1) is 0 Å². The lowest BCUT2D eigenvalue weighted by Gasteiger charge is -2.34. The largest absolute Gasteiger partial charge is 0.439 e. The molecule has 2 aromatic rings. The third-order valence-electron chi connectivity index (χ3n) is 4.56. The number of carbonyl (C=O) groups excluding carboxylic acids is 1. The molecule has 1 aliphatic carbocycles. The lowest BCUT2D eigenvalue weighted by molar-refractivity contribution is 0.0585. The van der Waals surface area contributed by atoms with Crippen molar-refractivity contribution in [3.05, 3.63) is 54.2 Å². The molecule has 3 rings (SSSR count). The number of aliphatic hydroxyl groups is 1. The second kappa shape index (κ2) is 8.62. The van der Waals surface area contributed by atoms with Gasteiger partial charge in [0.25, 0.3) is 5.91 Å². The summed E-state index contributed by atoms with van der Waals surface area (Å²) in [6.07, 6.45) is 7.19. The first-order valence-corrected chi connectivity index (χ1v) is 8.88. The Morgan fingerprint density at radius 2 is 2.00 bits per heavy atom. The second-order valence-corrected chi connectivity index (χ2v) is 6.31. The number of rotatable bonds is 6. The van der Waals surface area contributed by atoms with E-state index in [2.05, 4.69) is 4.98 Å². The Balaban J connectivity index is 1.76. The van der Waals surface area contributed by atoms with E-state index in [1.54, 1.807) is 24.4 Å². The first-order valence-electron chi connectivity index (χ1n) is 8.88. The van der Waals surface area contributed by atoms with Crippen molar-refractivity contribution in [3.8, 4) is 11.6 Å². The quantitative estimate of drug-likeness (QED) is 0.872. The van der Waals surface area contributed by atoms with Crippen LogP contribution in [0.3, 0.4) is 0 Å². The minimum atomic E-state index is -0.0487. The number of nitrogens with zero attached hydrogens (tertiary/aromatic N) is 2. The Kier molecular flexibility index (Phi) is 6.01. The van der Waals surface area contributed by atoms with Crippen molar-refractivity contribution in [2.75, 3.05) is 13.2 Å². The predicted octanol–water partition coefficient (Wildman–Crippen LogP) is 3.64. The maximum absolute atomic E-state index is 13.0. The summed E-state index contributed by atoms with van der Waals surface area (Å²) in [6, 6.07) is 12.8. The first kappa shape index (κ1) is 17.4. The molecular formula is C20H24N2O3. The molecule has 1 amide bonds. The van der Waals surface area contributed by atoms with Crippen LogP contribution in [0.15, 0.2) is 48.7 Å². The fraction of sp³-hybridized carbons (Fsp3) is 0.400. The number of aliphatic hydroxyl groups excluding tert-OH is 1. The summed E-state index contributed by atoms with van der Waals surface area (Å²) >= 11 is 0. The number of pyridine rings is 1.